The molecule has 1 atom stereocenters. The number of allylic oxidation sites excluding steroid dienone is 14. The maximum atomic E-state index is 12.8. The van der Waals surface area contributed by atoms with E-state index < -0.39 is 6.10 Å². The largest absolute Gasteiger partial charge is 0.462 e. The summed E-state index contributed by atoms with van der Waals surface area (Å²) in [7, 11) is 0. The van der Waals surface area contributed by atoms with Crippen molar-refractivity contribution < 1.29 is 28.6 Å². The van der Waals surface area contributed by atoms with E-state index in [4.69, 9.17) is 14.2 Å². The van der Waals surface area contributed by atoms with Gasteiger partial charge in [0.2, 0.25) is 0 Å². The van der Waals surface area contributed by atoms with Crippen molar-refractivity contribution in [2.75, 3.05) is 13.2 Å². The standard InChI is InChI=1S/C59H100O6/c1-4-7-10-13-16-19-22-25-28-29-32-34-37-40-43-46-49-52-58(61)64-55-56(65-59(62)53-50-47-44-41-38-35-31-27-24-21-18-15-12-9-6-3)54-63-57(60)51-48-45-42-39-36-33-30-26-23-20-17-14-11-8-5-2/h7,10,13,16,19,21-22,24-25,28-29,32,34,37,56H,4-6,8-9,11-12,14-15,17-18,20,23,26-27,30-31,33,35-36,38-55H2,1-3H3/b10-7-,16-13-,22-19-,24-21-,28-25-,32-29+,37-34-. The highest BCUT2D eigenvalue weighted by molar-refractivity contribution is 5.71. The minimum Gasteiger partial charge on any atom is -0.462 e. The quantitative estimate of drug-likeness (QED) is 0.0199. The Kier molecular flexibility index (Phi) is 50.4. The zero-order valence-electron chi connectivity index (χ0n) is 42.5. The lowest BCUT2D eigenvalue weighted by atomic mass is 10.0. The van der Waals surface area contributed by atoms with E-state index in [-0.39, 0.29) is 31.1 Å². The first-order valence-electron chi connectivity index (χ1n) is 27.2. The number of ether oxygens (including phenoxy) is 3. The zero-order chi connectivity index (χ0) is 47.2. The Labute approximate surface area is 401 Å². The van der Waals surface area contributed by atoms with Crippen molar-refractivity contribution in [2.24, 2.45) is 0 Å². The Hall–Kier alpha value is -3.41. The average molecular weight is 905 g/mol. The van der Waals surface area contributed by atoms with Gasteiger partial charge in [-0.15, -0.1) is 0 Å². The van der Waals surface area contributed by atoms with Crippen molar-refractivity contribution in [2.45, 2.75) is 258 Å². The highest BCUT2D eigenvalue weighted by Gasteiger charge is 2.19. The second kappa shape index (κ2) is 53.2. The van der Waals surface area contributed by atoms with E-state index in [0.717, 1.165) is 70.6 Å². The number of rotatable bonds is 48. The third-order valence-electron chi connectivity index (χ3n) is 11.5. The summed E-state index contributed by atoms with van der Waals surface area (Å²) < 4.78 is 16.8. The molecule has 0 spiro atoms. The van der Waals surface area contributed by atoms with Crippen LogP contribution in [0.4, 0.5) is 0 Å². The molecule has 0 N–H and O–H groups in total. The molecule has 0 heterocycles. The zero-order valence-corrected chi connectivity index (χ0v) is 42.5. The van der Waals surface area contributed by atoms with Gasteiger partial charge in [0.1, 0.15) is 13.2 Å². The highest BCUT2D eigenvalue weighted by atomic mass is 16.6. The Morgan fingerprint density at radius 2 is 0.615 bits per heavy atom. The Balaban J connectivity index is 4.47. The average Bonchev–Trinajstić information content (AvgIpc) is 3.30. The van der Waals surface area contributed by atoms with Gasteiger partial charge >= 0.3 is 17.9 Å². The topological polar surface area (TPSA) is 78.9 Å². The molecule has 65 heavy (non-hydrogen) atoms. The van der Waals surface area contributed by atoms with Gasteiger partial charge in [0.15, 0.2) is 6.10 Å². The number of hydrogen-bond donors (Lipinski definition) is 0. The molecule has 0 aliphatic carbocycles. The van der Waals surface area contributed by atoms with E-state index in [1.54, 1.807) is 0 Å². The number of esters is 3. The van der Waals surface area contributed by atoms with Crippen LogP contribution in [0.3, 0.4) is 0 Å². The van der Waals surface area contributed by atoms with Crippen LogP contribution in [-0.4, -0.2) is 37.2 Å². The Morgan fingerprint density at radius 1 is 0.323 bits per heavy atom. The van der Waals surface area contributed by atoms with Crippen LogP contribution in [0.1, 0.15) is 252 Å². The predicted octanol–water partition coefficient (Wildman–Crippen LogP) is 18.0. The van der Waals surface area contributed by atoms with Gasteiger partial charge in [0.25, 0.3) is 0 Å². The summed E-state index contributed by atoms with van der Waals surface area (Å²) in [5.74, 6) is -0.936. The molecule has 0 aromatic rings. The van der Waals surface area contributed by atoms with Gasteiger partial charge < -0.3 is 14.2 Å². The molecule has 0 saturated carbocycles. The number of hydrogen-bond acceptors (Lipinski definition) is 6. The van der Waals surface area contributed by atoms with Gasteiger partial charge in [-0.3, -0.25) is 14.4 Å². The van der Waals surface area contributed by atoms with E-state index in [1.165, 1.54) is 141 Å². The molecule has 0 aliphatic rings. The SMILES string of the molecule is CC\C=C/C=C\C=C/C=C\C=C\C=C/CCCCCC(=O)OCC(COC(=O)CCCCCCCCCCCCCCCCC)OC(=O)CCCCCCCCC/C=C\CCCCCC. The van der Waals surface area contributed by atoms with Crippen molar-refractivity contribution in [1.82, 2.24) is 0 Å². The van der Waals surface area contributed by atoms with Crippen molar-refractivity contribution in [1.29, 1.82) is 0 Å². The first-order valence-corrected chi connectivity index (χ1v) is 27.2. The molecule has 0 bridgehead atoms. The molecule has 0 fully saturated rings. The molecular weight excluding hydrogens is 805 g/mol. The molecule has 0 rings (SSSR count). The molecular formula is C59H100O6. The second-order valence-corrected chi connectivity index (χ2v) is 17.9. The molecule has 0 amide bonds. The number of carbonyl (C=O) groups excluding carboxylic acids is 3. The first-order chi connectivity index (χ1) is 32.0. The van der Waals surface area contributed by atoms with Gasteiger partial charge in [-0.1, -0.05) is 254 Å². The summed E-state index contributed by atoms with van der Waals surface area (Å²) in [6, 6.07) is 0. The van der Waals surface area contributed by atoms with Gasteiger partial charge in [-0.2, -0.15) is 0 Å². The summed E-state index contributed by atoms with van der Waals surface area (Å²) in [5, 5.41) is 0. The van der Waals surface area contributed by atoms with Gasteiger partial charge in [0.05, 0.1) is 0 Å². The molecule has 6 heteroatoms. The van der Waals surface area contributed by atoms with Crippen LogP contribution in [0.15, 0.2) is 85.1 Å². The normalized spacial score (nSPS) is 12.7. The smallest absolute Gasteiger partial charge is 0.306 e. The maximum Gasteiger partial charge on any atom is 0.306 e. The molecule has 372 valence electrons. The second-order valence-electron chi connectivity index (χ2n) is 17.9. The monoisotopic (exact) mass is 905 g/mol. The fourth-order valence-corrected chi connectivity index (χ4v) is 7.47. The lowest BCUT2D eigenvalue weighted by Crippen LogP contribution is -2.30. The van der Waals surface area contributed by atoms with Crippen LogP contribution < -0.4 is 0 Å². The van der Waals surface area contributed by atoms with E-state index in [0.29, 0.717) is 19.3 Å². The molecule has 0 saturated heterocycles. The van der Waals surface area contributed by atoms with Gasteiger partial charge in [-0.05, 0) is 64.2 Å². The third kappa shape index (κ3) is 51.4. The van der Waals surface area contributed by atoms with Crippen LogP contribution in [-0.2, 0) is 28.6 Å². The van der Waals surface area contributed by atoms with E-state index in [1.807, 2.05) is 60.8 Å². The Bertz CT molecular complexity index is 1270. The van der Waals surface area contributed by atoms with E-state index in [2.05, 4.69) is 45.1 Å². The summed E-state index contributed by atoms with van der Waals surface area (Å²) in [5.41, 5.74) is 0. The minimum absolute atomic E-state index is 0.0911. The molecule has 0 aliphatic heterocycles. The lowest BCUT2D eigenvalue weighted by molar-refractivity contribution is -0.167. The fraction of sp³-hybridized carbons (Fsp3) is 0.712. The van der Waals surface area contributed by atoms with Crippen LogP contribution in [0.25, 0.3) is 0 Å². The predicted molar refractivity (Wildman–Crippen MR) is 279 cm³/mol. The van der Waals surface area contributed by atoms with Crippen molar-refractivity contribution >= 4 is 17.9 Å². The van der Waals surface area contributed by atoms with Crippen molar-refractivity contribution in [3.8, 4) is 0 Å². The summed E-state index contributed by atoms with van der Waals surface area (Å²) in [6.45, 7) is 6.45. The lowest BCUT2D eigenvalue weighted by Gasteiger charge is -2.18. The number of unbranched alkanes of at least 4 members (excludes halogenated alkanes) is 28. The van der Waals surface area contributed by atoms with Crippen LogP contribution in [0.5, 0.6) is 0 Å². The van der Waals surface area contributed by atoms with E-state index >= 15 is 0 Å². The van der Waals surface area contributed by atoms with Crippen molar-refractivity contribution in [3.63, 3.8) is 0 Å². The van der Waals surface area contributed by atoms with Crippen LogP contribution in [0.2, 0.25) is 0 Å². The van der Waals surface area contributed by atoms with Crippen LogP contribution >= 0.6 is 0 Å². The minimum atomic E-state index is -0.796. The highest BCUT2D eigenvalue weighted by Crippen LogP contribution is 2.15. The summed E-state index contributed by atoms with van der Waals surface area (Å²) in [6.07, 6.45) is 68.5. The molecule has 0 radical (unpaired) electrons. The first kappa shape index (κ1) is 61.6. The molecule has 0 aromatic heterocycles. The summed E-state index contributed by atoms with van der Waals surface area (Å²) >= 11 is 0. The van der Waals surface area contributed by atoms with Crippen LogP contribution in [0, 0.1) is 0 Å². The maximum absolute atomic E-state index is 12.8. The Morgan fingerprint density at radius 3 is 1.02 bits per heavy atom. The molecule has 1 unspecified atom stereocenters. The summed E-state index contributed by atoms with van der Waals surface area (Å²) in [4.78, 5) is 38.1. The molecule has 6 nitrogen and oxygen atoms in total. The van der Waals surface area contributed by atoms with Gasteiger partial charge in [0, 0.05) is 19.3 Å². The molecule has 0 aromatic carbocycles. The third-order valence-corrected chi connectivity index (χ3v) is 11.5. The van der Waals surface area contributed by atoms with Crippen molar-refractivity contribution in [3.05, 3.63) is 85.1 Å². The van der Waals surface area contributed by atoms with E-state index in [9.17, 15) is 14.4 Å². The fourth-order valence-electron chi connectivity index (χ4n) is 7.47. The van der Waals surface area contributed by atoms with Gasteiger partial charge in [-0.25, -0.2) is 0 Å². The number of carbonyl (C=O) groups is 3.